The first kappa shape index (κ1) is 18.9. The molecule has 25 heavy (non-hydrogen) atoms. The van der Waals surface area contributed by atoms with Crippen LogP contribution in [0.2, 0.25) is 0 Å². The van der Waals surface area contributed by atoms with Gasteiger partial charge in [-0.25, -0.2) is 0 Å². The molecule has 0 spiro atoms. The quantitative estimate of drug-likeness (QED) is 0.635. The molecule has 0 aromatic heterocycles. The molecule has 0 fully saturated rings. The zero-order chi connectivity index (χ0) is 18.6. The van der Waals surface area contributed by atoms with Gasteiger partial charge < -0.3 is 20.9 Å². The third-order valence-corrected chi connectivity index (χ3v) is 4.44. The van der Waals surface area contributed by atoms with Gasteiger partial charge >= 0.3 is 0 Å². The van der Waals surface area contributed by atoms with Crippen molar-refractivity contribution in [3.63, 3.8) is 0 Å². The number of allylic oxidation sites excluding steroid dienone is 2. The van der Waals surface area contributed by atoms with Crippen molar-refractivity contribution in [2.24, 2.45) is 22.4 Å². The number of nitrogens with two attached hydrogens (primary N) is 2. The van der Waals surface area contributed by atoms with Crippen LogP contribution >= 0.6 is 0 Å². The summed E-state index contributed by atoms with van der Waals surface area (Å²) in [6.07, 6.45) is 2.83. The van der Waals surface area contributed by atoms with Gasteiger partial charge in [-0.3, -0.25) is 4.99 Å². The minimum Gasteiger partial charge on any atom is -0.497 e. The summed E-state index contributed by atoms with van der Waals surface area (Å²) in [5.74, 6) is 1.63. The smallest absolute Gasteiger partial charge is 0.185 e. The second-order valence-electron chi connectivity index (χ2n) is 7.30. The molecule has 5 heteroatoms. The highest BCUT2D eigenvalue weighted by molar-refractivity contribution is 5.76. The molecule has 4 N–H and O–H groups in total. The maximum atomic E-state index is 5.55. The van der Waals surface area contributed by atoms with Crippen LogP contribution in [0.5, 0.6) is 0 Å². The number of nitrogens with zero attached hydrogens (tertiary/aromatic N) is 1. The fourth-order valence-electron chi connectivity index (χ4n) is 3.02. The molecular formula is C20H29N3O2. The van der Waals surface area contributed by atoms with E-state index >= 15 is 0 Å². The highest BCUT2D eigenvalue weighted by Crippen LogP contribution is 2.36. The lowest BCUT2D eigenvalue weighted by atomic mass is 9.84. The molecule has 0 saturated heterocycles. The first-order chi connectivity index (χ1) is 11.8. The molecule has 136 valence electrons. The van der Waals surface area contributed by atoms with E-state index in [4.69, 9.17) is 20.9 Å². The van der Waals surface area contributed by atoms with Crippen molar-refractivity contribution in [2.75, 3.05) is 20.8 Å². The fourth-order valence-corrected chi connectivity index (χ4v) is 3.02. The van der Waals surface area contributed by atoms with E-state index in [9.17, 15) is 0 Å². The molecule has 1 unspecified atom stereocenters. The van der Waals surface area contributed by atoms with Crippen molar-refractivity contribution in [3.8, 4) is 0 Å². The van der Waals surface area contributed by atoms with Gasteiger partial charge in [-0.05, 0) is 34.6 Å². The minimum atomic E-state index is 0.0457. The van der Waals surface area contributed by atoms with E-state index in [0.29, 0.717) is 6.54 Å². The molecule has 0 bridgehead atoms. The number of rotatable bonds is 5. The average molecular weight is 343 g/mol. The second kappa shape index (κ2) is 7.64. The van der Waals surface area contributed by atoms with E-state index in [1.807, 2.05) is 6.08 Å². The summed E-state index contributed by atoms with van der Waals surface area (Å²) in [5.41, 5.74) is 14.8. The van der Waals surface area contributed by atoms with Crippen LogP contribution < -0.4 is 11.5 Å². The summed E-state index contributed by atoms with van der Waals surface area (Å²) in [6, 6.07) is 8.69. The van der Waals surface area contributed by atoms with Gasteiger partial charge in [0.25, 0.3) is 0 Å². The van der Waals surface area contributed by atoms with Gasteiger partial charge in [0.15, 0.2) is 11.7 Å². The molecule has 5 nitrogen and oxygen atoms in total. The summed E-state index contributed by atoms with van der Waals surface area (Å²) in [5, 5.41) is 0. The Morgan fingerprint density at radius 1 is 1.12 bits per heavy atom. The molecule has 0 saturated carbocycles. The Morgan fingerprint density at radius 3 is 2.24 bits per heavy atom. The molecule has 0 amide bonds. The number of ether oxygens (including phenoxy) is 2. The fraction of sp³-hybridized carbons (Fsp3) is 0.450. The maximum Gasteiger partial charge on any atom is 0.185 e. The van der Waals surface area contributed by atoms with Gasteiger partial charge in [0, 0.05) is 5.92 Å². The Morgan fingerprint density at radius 2 is 1.76 bits per heavy atom. The highest BCUT2D eigenvalue weighted by Gasteiger charge is 2.26. The Balaban J connectivity index is 2.36. The second-order valence-corrected chi connectivity index (χ2v) is 7.30. The van der Waals surface area contributed by atoms with Crippen molar-refractivity contribution in [3.05, 3.63) is 53.0 Å². The standard InChI is InChI=1S/C20H29N3O2/c1-20(2,3)16-8-6-13(7-9-16)14-10-15(12-23-19(21)22)18(25-5)17(11-14)24-4/h6-9,11,15H,10,12H2,1-5H3,(H4,21,22,23). The van der Waals surface area contributed by atoms with Crippen LogP contribution in [-0.2, 0) is 14.9 Å². The molecule has 2 rings (SSSR count). The third kappa shape index (κ3) is 4.56. The monoisotopic (exact) mass is 343 g/mol. The molecule has 0 aliphatic heterocycles. The number of guanidine groups is 1. The minimum absolute atomic E-state index is 0.0457. The van der Waals surface area contributed by atoms with Gasteiger partial charge in [-0.2, -0.15) is 0 Å². The lowest BCUT2D eigenvalue weighted by Crippen LogP contribution is -2.25. The number of methoxy groups -OCH3 is 2. The third-order valence-electron chi connectivity index (χ3n) is 4.44. The molecule has 0 heterocycles. The summed E-state index contributed by atoms with van der Waals surface area (Å²) < 4.78 is 11.1. The van der Waals surface area contributed by atoms with Gasteiger partial charge in [-0.15, -0.1) is 0 Å². The average Bonchev–Trinajstić information content (AvgIpc) is 2.58. The van der Waals surface area contributed by atoms with E-state index in [0.717, 1.165) is 17.9 Å². The van der Waals surface area contributed by atoms with E-state index in [2.05, 4.69) is 50.0 Å². The molecule has 1 aromatic carbocycles. The normalized spacial score (nSPS) is 17.8. The molecule has 1 aliphatic carbocycles. The molecule has 1 atom stereocenters. The Labute approximate surface area is 150 Å². The van der Waals surface area contributed by atoms with Crippen molar-refractivity contribution in [1.82, 2.24) is 0 Å². The largest absolute Gasteiger partial charge is 0.497 e. The maximum absolute atomic E-state index is 5.55. The van der Waals surface area contributed by atoms with Crippen LogP contribution in [0.25, 0.3) is 5.57 Å². The number of hydrogen-bond donors (Lipinski definition) is 2. The lowest BCUT2D eigenvalue weighted by molar-refractivity contribution is 0.195. The first-order valence-electron chi connectivity index (χ1n) is 8.45. The summed E-state index contributed by atoms with van der Waals surface area (Å²) >= 11 is 0. The Hall–Kier alpha value is -2.43. The zero-order valence-corrected chi connectivity index (χ0v) is 15.8. The van der Waals surface area contributed by atoms with E-state index < -0.39 is 0 Å². The van der Waals surface area contributed by atoms with Crippen LogP contribution in [0.1, 0.15) is 38.3 Å². The molecular weight excluding hydrogens is 314 g/mol. The Kier molecular flexibility index (Phi) is 5.77. The Bertz CT molecular complexity index is 691. The molecule has 1 aromatic rings. The predicted octanol–water partition coefficient (Wildman–Crippen LogP) is 3.17. The van der Waals surface area contributed by atoms with Gasteiger partial charge in [0.05, 0.1) is 20.8 Å². The summed E-state index contributed by atoms with van der Waals surface area (Å²) in [7, 11) is 3.29. The van der Waals surface area contributed by atoms with E-state index in [-0.39, 0.29) is 17.3 Å². The van der Waals surface area contributed by atoms with Crippen molar-refractivity contribution in [2.45, 2.75) is 32.6 Å². The number of hydrogen-bond acceptors (Lipinski definition) is 3. The van der Waals surface area contributed by atoms with E-state index in [1.165, 1.54) is 16.7 Å². The summed E-state index contributed by atoms with van der Waals surface area (Å²) in [4.78, 5) is 4.16. The number of benzene rings is 1. The lowest BCUT2D eigenvalue weighted by Gasteiger charge is -2.26. The van der Waals surface area contributed by atoms with Crippen LogP contribution in [0, 0.1) is 5.92 Å². The zero-order valence-electron chi connectivity index (χ0n) is 15.8. The van der Waals surface area contributed by atoms with Crippen LogP contribution in [0.15, 0.2) is 46.9 Å². The predicted molar refractivity (Wildman–Crippen MR) is 103 cm³/mol. The summed E-state index contributed by atoms with van der Waals surface area (Å²) in [6.45, 7) is 7.10. The number of aliphatic imine (C=N–C) groups is 1. The van der Waals surface area contributed by atoms with Crippen LogP contribution in [0.3, 0.4) is 0 Å². The van der Waals surface area contributed by atoms with Gasteiger partial charge in [0.2, 0.25) is 0 Å². The van der Waals surface area contributed by atoms with Crippen molar-refractivity contribution >= 4 is 11.5 Å². The SMILES string of the molecule is COC1=C(OC)C(CN=C(N)N)CC(c2ccc(C(C)(C)C)cc2)=C1. The van der Waals surface area contributed by atoms with Crippen LogP contribution in [0.4, 0.5) is 0 Å². The van der Waals surface area contributed by atoms with E-state index in [1.54, 1.807) is 14.2 Å². The molecule has 0 radical (unpaired) electrons. The topological polar surface area (TPSA) is 82.9 Å². The van der Waals surface area contributed by atoms with Gasteiger partial charge in [0.1, 0.15) is 5.76 Å². The van der Waals surface area contributed by atoms with Crippen molar-refractivity contribution < 1.29 is 9.47 Å². The highest BCUT2D eigenvalue weighted by atomic mass is 16.5. The van der Waals surface area contributed by atoms with Crippen molar-refractivity contribution in [1.29, 1.82) is 0 Å². The van der Waals surface area contributed by atoms with Crippen LogP contribution in [-0.4, -0.2) is 26.7 Å². The molecule has 1 aliphatic rings. The first-order valence-corrected chi connectivity index (χ1v) is 8.45. The van der Waals surface area contributed by atoms with Gasteiger partial charge in [-0.1, -0.05) is 45.0 Å².